The van der Waals surface area contributed by atoms with E-state index in [9.17, 15) is 9.90 Å². The van der Waals surface area contributed by atoms with Crippen LogP contribution in [0.3, 0.4) is 0 Å². The predicted molar refractivity (Wildman–Crippen MR) is 90.6 cm³/mol. The van der Waals surface area contributed by atoms with E-state index in [4.69, 9.17) is 16.0 Å². The molecule has 0 atom stereocenters. The second kappa shape index (κ2) is 6.55. The summed E-state index contributed by atoms with van der Waals surface area (Å²) in [5.41, 5.74) is 1.38. The van der Waals surface area contributed by atoms with Crippen molar-refractivity contribution < 1.29 is 14.3 Å². The number of hydrogen-bond acceptors (Lipinski definition) is 3. The average Bonchev–Trinajstić information content (AvgIpc) is 3.02. The lowest BCUT2D eigenvalue weighted by Crippen LogP contribution is -1.92. The topological polar surface area (TPSA) is 50.4 Å². The Hall–Kier alpha value is -2.78. The number of carbonyl (C=O) groups is 1. The molecule has 0 amide bonds. The van der Waals surface area contributed by atoms with Crippen LogP contribution in [0.15, 0.2) is 71.2 Å². The summed E-state index contributed by atoms with van der Waals surface area (Å²) in [5, 5.41) is 9.86. The lowest BCUT2D eigenvalue weighted by atomic mass is 10.1. The highest BCUT2D eigenvalue weighted by molar-refractivity contribution is 6.30. The molecule has 0 fully saturated rings. The molecule has 0 radical (unpaired) electrons. The Morgan fingerprint density at radius 2 is 1.83 bits per heavy atom. The highest BCUT2D eigenvalue weighted by Gasteiger charge is 2.05. The van der Waals surface area contributed by atoms with Crippen molar-refractivity contribution in [1.29, 1.82) is 0 Å². The summed E-state index contributed by atoms with van der Waals surface area (Å²) in [6.45, 7) is 0. The van der Waals surface area contributed by atoms with E-state index in [2.05, 4.69) is 0 Å². The first kappa shape index (κ1) is 15.1. The minimum atomic E-state index is -0.161. The Morgan fingerprint density at radius 3 is 2.57 bits per heavy atom. The van der Waals surface area contributed by atoms with E-state index < -0.39 is 0 Å². The molecule has 4 heteroatoms. The minimum Gasteiger partial charge on any atom is -0.508 e. The number of allylic oxidation sites excluding steroid dienone is 1. The van der Waals surface area contributed by atoms with Crippen molar-refractivity contribution >= 4 is 23.5 Å². The van der Waals surface area contributed by atoms with Crippen LogP contribution in [0.1, 0.15) is 16.1 Å². The molecule has 23 heavy (non-hydrogen) atoms. The van der Waals surface area contributed by atoms with Gasteiger partial charge in [-0.3, -0.25) is 4.79 Å². The minimum absolute atomic E-state index is 0.128. The van der Waals surface area contributed by atoms with Crippen LogP contribution in [-0.4, -0.2) is 10.9 Å². The van der Waals surface area contributed by atoms with E-state index in [0.29, 0.717) is 22.1 Å². The number of phenolic OH excluding ortho intramolecular Hbond substituents is 1. The Labute approximate surface area is 138 Å². The maximum atomic E-state index is 12.0. The molecule has 0 bridgehead atoms. The molecule has 3 rings (SSSR count). The van der Waals surface area contributed by atoms with E-state index in [-0.39, 0.29) is 11.5 Å². The Bertz CT molecular complexity index is 860. The highest BCUT2D eigenvalue weighted by atomic mass is 35.5. The third-order valence-electron chi connectivity index (χ3n) is 3.29. The number of carbonyl (C=O) groups excluding carboxylic acids is 1. The molecule has 1 heterocycles. The first-order valence-electron chi connectivity index (χ1n) is 6.99. The second-order valence-corrected chi connectivity index (χ2v) is 5.39. The quantitative estimate of drug-likeness (QED) is 0.530. The van der Waals surface area contributed by atoms with Crippen LogP contribution in [0, 0.1) is 0 Å². The summed E-state index contributed by atoms with van der Waals surface area (Å²) in [4.78, 5) is 12.0. The fourth-order valence-corrected chi connectivity index (χ4v) is 2.31. The number of furan rings is 1. The highest BCUT2D eigenvalue weighted by Crippen LogP contribution is 2.25. The van der Waals surface area contributed by atoms with Gasteiger partial charge in [-0.1, -0.05) is 23.7 Å². The zero-order valence-corrected chi connectivity index (χ0v) is 12.8. The van der Waals surface area contributed by atoms with E-state index in [1.165, 1.54) is 18.2 Å². The van der Waals surface area contributed by atoms with E-state index in [0.717, 1.165) is 5.56 Å². The van der Waals surface area contributed by atoms with Crippen molar-refractivity contribution in [3.63, 3.8) is 0 Å². The largest absolute Gasteiger partial charge is 0.508 e. The van der Waals surface area contributed by atoms with Gasteiger partial charge in [0.15, 0.2) is 5.78 Å². The normalized spacial score (nSPS) is 11.0. The van der Waals surface area contributed by atoms with Gasteiger partial charge in [-0.05, 0) is 60.7 Å². The lowest BCUT2D eigenvalue weighted by molar-refractivity contribution is 0.104. The molecule has 0 aliphatic heterocycles. The van der Waals surface area contributed by atoms with Crippen molar-refractivity contribution in [3.05, 3.63) is 83.1 Å². The van der Waals surface area contributed by atoms with E-state index in [1.54, 1.807) is 30.3 Å². The molecule has 2 aromatic carbocycles. The number of benzene rings is 2. The molecule has 0 saturated heterocycles. The van der Waals surface area contributed by atoms with Crippen LogP contribution in [0.5, 0.6) is 5.75 Å². The van der Waals surface area contributed by atoms with E-state index >= 15 is 0 Å². The van der Waals surface area contributed by atoms with Crippen molar-refractivity contribution in [1.82, 2.24) is 0 Å². The van der Waals surface area contributed by atoms with Gasteiger partial charge in [0, 0.05) is 16.1 Å². The summed E-state index contributed by atoms with van der Waals surface area (Å²) >= 11 is 5.97. The summed E-state index contributed by atoms with van der Waals surface area (Å²) in [5.74, 6) is 1.23. The summed E-state index contributed by atoms with van der Waals surface area (Å²) in [6.07, 6.45) is 3.05. The molecule has 3 aromatic rings. The predicted octanol–water partition coefficient (Wildman–Crippen LogP) is 5.20. The Balaban J connectivity index is 1.76. The van der Waals surface area contributed by atoms with Crippen molar-refractivity contribution in [3.8, 4) is 17.1 Å². The number of hydrogen-bond donors (Lipinski definition) is 1. The Kier molecular flexibility index (Phi) is 4.31. The van der Waals surface area contributed by atoms with Crippen molar-refractivity contribution in [2.45, 2.75) is 0 Å². The van der Waals surface area contributed by atoms with Gasteiger partial charge in [0.05, 0.1) is 0 Å². The molecule has 114 valence electrons. The lowest BCUT2D eigenvalue weighted by Gasteiger charge is -1.97. The van der Waals surface area contributed by atoms with Crippen LogP contribution in [0.2, 0.25) is 5.02 Å². The molecule has 0 saturated carbocycles. The standard InChI is InChI=1S/C19H13ClO3/c20-15-3-1-2-14(12-15)19-11-9-17(23-19)8-10-18(22)13-4-6-16(21)7-5-13/h1-12,21H/b10-8+. The molecular weight excluding hydrogens is 312 g/mol. The molecular formula is C19H13ClO3. The summed E-state index contributed by atoms with van der Waals surface area (Å²) in [6, 6.07) is 17.1. The molecule has 0 aliphatic carbocycles. The van der Waals surface area contributed by atoms with Crippen molar-refractivity contribution in [2.24, 2.45) is 0 Å². The van der Waals surface area contributed by atoms with Gasteiger partial charge in [-0.15, -0.1) is 0 Å². The van der Waals surface area contributed by atoms with Crippen LogP contribution >= 0.6 is 11.6 Å². The first-order chi connectivity index (χ1) is 11.1. The van der Waals surface area contributed by atoms with Crippen LogP contribution in [0.25, 0.3) is 17.4 Å². The van der Waals surface area contributed by atoms with Gasteiger partial charge in [-0.25, -0.2) is 0 Å². The smallest absolute Gasteiger partial charge is 0.185 e. The van der Waals surface area contributed by atoms with E-state index in [1.807, 2.05) is 24.3 Å². The fraction of sp³-hybridized carbons (Fsp3) is 0. The number of ketones is 1. The molecule has 0 spiro atoms. The number of phenols is 1. The summed E-state index contributed by atoms with van der Waals surface area (Å²) < 4.78 is 5.69. The zero-order chi connectivity index (χ0) is 16.2. The SMILES string of the molecule is O=C(/C=C/c1ccc(-c2cccc(Cl)c2)o1)c1ccc(O)cc1. The van der Waals surface area contributed by atoms with Crippen LogP contribution < -0.4 is 0 Å². The van der Waals surface area contributed by atoms with Gasteiger partial charge in [-0.2, -0.15) is 0 Å². The average molecular weight is 325 g/mol. The number of halogens is 1. The number of rotatable bonds is 4. The molecule has 3 nitrogen and oxygen atoms in total. The second-order valence-electron chi connectivity index (χ2n) is 4.96. The van der Waals surface area contributed by atoms with Crippen LogP contribution in [0.4, 0.5) is 0 Å². The number of aromatic hydroxyl groups is 1. The molecule has 1 N–H and O–H groups in total. The Morgan fingerprint density at radius 1 is 1.04 bits per heavy atom. The molecule has 1 aromatic heterocycles. The third kappa shape index (κ3) is 3.71. The van der Waals surface area contributed by atoms with Gasteiger partial charge in [0.1, 0.15) is 17.3 Å². The zero-order valence-electron chi connectivity index (χ0n) is 12.1. The van der Waals surface area contributed by atoms with Gasteiger partial charge in [0.2, 0.25) is 0 Å². The fourth-order valence-electron chi connectivity index (χ4n) is 2.12. The first-order valence-corrected chi connectivity index (χ1v) is 7.37. The maximum absolute atomic E-state index is 12.0. The summed E-state index contributed by atoms with van der Waals surface area (Å²) in [7, 11) is 0. The monoisotopic (exact) mass is 324 g/mol. The van der Waals surface area contributed by atoms with Gasteiger partial charge in [0.25, 0.3) is 0 Å². The van der Waals surface area contributed by atoms with Gasteiger partial charge >= 0.3 is 0 Å². The maximum Gasteiger partial charge on any atom is 0.185 e. The van der Waals surface area contributed by atoms with Crippen molar-refractivity contribution in [2.75, 3.05) is 0 Å². The van der Waals surface area contributed by atoms with Gasteiger partial charge < -0.3 is 9.52 Å². The molecule has 0 aliphatic rings. The molecule has 0 unspecified atom stereocenters. The van der Waals surface area contributed by atoms with Crippen LogP contribution in [-0.2, 0) is 0 Å². The third-order valence-corrected chi connectivity index (χ3v) is 3.52.